The Morgan fingerprint density at radius 1 is 1.31 bits per heavy atom. The lowest BCUT2D eigenvalue weighted by atomic mass is 10.0. The van der Waals surface area contributed by atoms with Crippen LogP contribution in [-0.4, -0.2) is 75.7 Å². The van der Waals surface area contributed by atoms with Gasteiger partial charge < -0.3 is 35.2 Å². The topological polar surface area (TPSA) is 192 Å². The fraction of sp³-hybridized carbons (Fsp3) is 0.450. The number of imidazole rings is 1. The molecule has 6 N–H and O–H groups in total. The summed E-state index contributed by atoms with van der Waals surface area (Å²) in [7, 11) is -4.91. The van der Waals surface area contributed by atoms with Crippen LogP contribution in [-0.2, 0) is 13.8 Å². The molecule has 16 heteroatoms. The van der Waals surface area contributed by atoms with E-state index in [4.69, 9.17) is 26.1 Å². The lowest BCUT2D eigenvalue weighted by Crippen LogP contribution is -2.34. The van der Waals surface area contributed by atoms with Crippen LogP contribution in [0, 0.1) is 5.82 Å². The minimum absolute atomic E-state index is 0.178. The maximum Gasteiger partial charge on any atom is 0.469 e. The van der Waals surface area contributed by atoms with Gasteiger partial charge in [0.2, 0.25) is 5.28 Å². The number of rotatable bonds is 9. The number of hydrogen-bond acceptors (Lipinski definition) is 10. The van der Waals surface area contributed by atoms with E-state index >= 15 is 0 Å². The normalized spacial score (nSPS) is 24.2. The van der Waals surface area contributed by atoms with E-state index in [1.807, 2.05) is 0 Å². The Labute approximate surface area is 208 Å². The van der Waals surface area contributed by atoms with Gasteiger partial charge in [-0.25, -0.2) is 18.5 Å². The van der Waals surface area contributed by atoms with Gasteiger partial charge >= 0.3 is 7.82 Å². The molecule has 196 valence electrons. The highest BCUT2D eigenvalue weighted by atomic mass is 35.5. The first-order chi connectivity index (χ1) is 17.0. The number of phosphoric ester groups is 1. The third-order valence-electron chi connectivity index (χ3n) is 5.73. The van der Waals surface area contributed by atoms with Crippen LogP contribution in [0.15, 0.2) is 30.5 Å². The summed E-state index contributed by atoms with van der Waals surface area (Å²) in [4.78, 5) is 26.4. The van der Waals surface area contributed by atoms with Gasteiger partial charge in [-0.05, 0) is 24.6 Å². The second kappa shape index (κ2) is 10.6. The molecule has 4 rings (SSSR count). The summed E-state index contributed by atoms with van der Waals surface area (Å²) in [6.07, 6.45) is -5.62. The maximum absolute atomic E-state index is 14.2. The van der Waals surface area contributed by atoms with E-state index in [0.29, 0.717) is 5.56 Å². The van der Waals surface area contributed by atoms with Crippen LogP contribution in [0.5, 0.6) is 0 Å². The number of benzene rings is 1. The summed E-state index contributed by atoms with van der Waals surface area (Å²) in [5.74, 6) is -0.235. The first kappa shape index (κ1) is 26.8. The van der Waals surface area contributed by atoms with Crippen molar-refractivity contribution in [2.75, 3.05) is 11.9 Å². The van der Waals surface area contributed by atoms with Gasteiger partial charge in [-0.15, -0.1) is 5.10 Å². The molecule has 0 amide bonds. The van der Waals surface area contributed by atoms with E-state index in [1.54, 1.807) is 25.1 Å². The summed E-state index contributed by atoms with van der Waals surface area (Å²) in [5, 5.41) is 37.4. The van der Waals surface area contributed by atoms with Crippen LogP contribution < -0.4 is 5.32 Å². The third kappa shape index (κ3) is 5.67. The van der Waals surface area contributed by atoms with Gasteiger partial charge in [0.05, 0.1) is 36.7 Å². The minimum Gasteiger partial charge on any atom is -0.394 e. The molecule has 1 unspecified atom stereocenters. The monoisotopic (exact) mass is 547 g/mol. The lowest BCUT2D eigenvalue weighted by molar-refractivity contribution is -0.0311. The number of nitrogens with one attached hydrogen (secondary N) is 1. The molecule has 36 heavy (non-hydrogen) atoms. The van der Waals surface area contributed by atoms with Gasteiger partial charge in [-0.2, -0.15) is 4.98 Å². The van der Waals surface area contributed by atoms with Crippen molar-refractivity contribution in [2.24, 2.45) is 0 Å². The van der Waals surface area contributed by atoms with Crippen molar-refractivity contribution in [3.05, 3.63) is 52.8 Å². The van der Waals surface area contributed by atoms with Crippen molar-refractivity contribution < 1.29 is 43.3 Å². The van der Waals surface area contributed by atoms with E-state index in [9.17, 15) is 24.3 Å². The van der Waals surface area contributed by atoms with E-state index in [1.165, 1.54) is 16.8 Å². The summed E-state index contributed by atoms with van der Waals surface area (Å²) in [5.41, 5.74) is 0.763. The number of anilines is 1. The molecule has 2 aromatic heterocycles. The van der Waals surface area contributed by atoms with Gasteiger partial charge in [0, 0.05) is 12.0 Å². The van der Waals surface area contributed by atoms with E-state index < -0.39 is 56.8 Å². The van der Waals surface area contributed by atoms with Crippen molar-refractivity contribution in [1.29, 1.82) is 0 Å². The quantitative estimate of drug-likeness (QED) is 0.209. The average molecular weight is 548 g/mol. The molecule has 1 aliphatic rings. The Bertz CT molecular complexity index is 1280. The maximum atomic E-state index is 14.2. The predicted octanol–water partition coefficient (Wildman–Crippen LogP) is 1.11. The van der Waals surface area contributed by atoms with Crippen LogP contribution in [0.2, 0.25) is 5.28 Å². The molecule has 1 aliphatic heterocycles. The summed E-state index contributed by atoms with van der Waals surface area (Å²) in [6.45, 7) is 0.961. The Balaban J connectivity index is 1.60. The van der Waals surface area contributed by atoms with Gasteiger partial charge in [0.1, 0.15) is 24.1 Å². The van der Waals surface area contributed by atoms with Gasteiger partial charge in [-0.1, -0.05) is 18.2 Å². The van der Waals surface area contributed by atoms with Crippen molar-refractivity contribution in [3.8, 4) is 0 Å². The first-order valence-electron chi connectivity index (χ1n) is 10.8. The highest BCUT2D eigenvalue weighted by Gasteiger charge is 2.46. The fourth-order valence-corrected chi connectivity index (χ4v) is 4.77. The minimum atomic E-state index is -4.91. The second-order valence-corrected chi connectivity index (χ2v) is 9.78. The fourth-order valence-electron chi connectivity index (χ4n) is 4.06. The zero-order chi connectivity index (χ0) is 26.2. The Morgan fingerprint density at radius 3 is 2.69 bits per heavy atom. The molecule has 0 saturated carbocycles. The molecule has 6 atom stereocenters. The molecular weight excluding hydrogens is 524 g/mol. The number of halogens is 2. The zero-order valence-electron chi connectivity index (χ0n) is 18.7. The molecule has 0 radical (unpaired) electrons. The van der Waals surface area contributed by atoms with Crippen LogP contribution >= 0.6 is 19.4 Å². The van der Waals surface area contributed by atoms with Gasteiger partial charge in [0.15, 0.2) is 11.5 Å². The molecule has 0 spiro atoms. The number of nitrogens with zero attached hydrogens (tertiary/aromatic N) is 4. The molecule has 1 saturated heterocycles. The zero-order valence-corrected chi connectivity index (χ0v) is 20.4. The Morgan fingerprint density at radius 2 is 2.03 bits per heavy atom. The number of aliphatic hydroxyl groups excluding tert-OH is 3. The van der Waals surface area contributed by atoms with Gasteiger partial charge in [0.25, 0.3) is 0 Å². The smallest absolute Gasteiger partial charge is 0.394 e. The molecular formula is C20H24ClFN5O8P. The van der Waals surface area contributed by atoms with Crippen LogP contribution in [0.1, 0.15) is 36.7 Å². The Kier molecular flexibility index (Phi) is 7.90. The average Bonchev–Trinajstić information content (AvgIpc) is 3.34. The van der Waals surface area contributed by atoms with Crippen molar-refractivity contribution in [1.82, 2.24) is 19.6 Å². The van der Waals surface area contributed by atoms with E-state index in [2.05, 4.69) is 24.9 Å². The standard InChI is InChI=1S/C20H24ClFN5O8P/c1-9(11-4-2-3-5-12(11)22)24-18-19-23-7-13(27(19)26-20(21)25-18)17-16(30)15(29)14(34-17)6-10(8-28)35-36(31,32)33/h2-5,7,9-10,14-17,28-30H,6,8H2,1H3,(H,24,25,26)(H2,31,32,33)/t9-,10?,14+,15+,16+,17-/m0/s1. The van der Waals surface area contributed by atoms with Crippen molar-refractivity contribution in [2.45, 2.75) is 49.9 Å². The molecule has 1 fully saturated rings. The third-order valence-corrected chi connectivity index (χ3v) is 6.46. The first-order valence-corrected chi connectivity index (χ1v) is 12.7. The molecule has 0 aliphatic carbocycles. The van der Waals surface area contributed by atoms with E-state index in [0.717, 1.165) is 0 Å². The second-order valence-electron chi connectivity index (χ2n) is 8.25. The largest absolute Gasteiger partial charge is 0.469 e. The number of aliphatic hydroxyl groups is 3. The van der Waals surface area contributed by atoms with Crippen LogP contribution in [0.25, 0.3) is 5.65 Å². The number of aromatic nitrogens is 4. The number of hydrogen-bond donors (Lipinski definition) is 6. The summed E-state index contributed by atoms with van der Waals surface area (Å²) >= 11 is 6.11. The number of ether oxygens (including phenoxy) is 1. The molecule has 3 heterocycles. The van der Waals surface area contributed by atoms with Crippen molar-refractivity contribution in [3.63, 3.8) is 0 Å². The SMILES string of the molecule is C[C@H](Nc1nc(Cl)nn2c([C@@H]3O[C@H](CC(CO)OP(=O)(O)O)[C@@H](O)[C@H]3O)cnc12)c1ccccc1F. The summed E-state index contributed by atoms with van der Waals surface area (Å²) in [6, 6.07) is 5.69. The highest BCUT2D eigenvalue weighted by molar-refractivity contribution is 7.46. The van der Waals surface area contributed by atoms with Gasteiger partial charge in [-0.3, -0.25) is 4.52 Å². The molecule has 1 aromatic carbocycles. The highest BCUT2D eigenvalue weighted by Crippen LogP contribution is 2.41. The van der Waals surface area contributed by atoms with Crippen LogP contribution in [0.4, 0.5) is 10.2 Å². The Hall–Kier alpha value is -2.26. The van der Waals surface area contributed by atoms with Crippen molar-refractivity contribution >= 4 is 30.9 Å². The van der Waals surface area contributed by atoms with Crippen LogP contribution in [0.3, 0.4) is 0 Å². The molecule has 3 aromatic rings. The number of fused-ring (bicyclic) bond motifs is 1. The molecule has 0 bridgehead atoms. The van der Waals surface area contributed by atoms with E-state index in [-0.39, 0.29) is 28.9 Å². The lowest BCUT2D eigenvalue weighted by Gasteiger charge is -2.21. The number of phosphoric acid groups is 1. The molecule has 13 nitrogen and oxygen atoms in total. The summed E-state index contributed by atoms with van der Waals surface area (Å²) < 4.78 is 36.8. The predicted molar refractivity (Wildman–Crippen MR) is 122 cm³/mol.